The van der Waals surface area contributed by atoms with Gasteiger partial charge >= 0.3 is 5.97 Å². The van der Waals surface area contributed by atoms with Crippen LogP contribution in [0.15, 0.2) is 18.2 Å². The van der Waals surface area contributed by atoms with E-state index in [0.717, 1.165) is 18.4 Å². The number of methoxy groups -OCH3 is 1. The third-order valence-corrected chi connectivity index (χ3v) is 3.87. The quantitative estimate of drug-likeness (QED) is 0.868. The summed E-state index contributed by atoms with van der Waals surface area (Å²) in [6.07, 6.45) is 2.40. The van der Waals surface area contributed by atoms with Gasteiger partial charge < -0.3 is 15.2 Å². The number of anilines is 1. The monoisotopic (exact) mass is 306 g/mol. The molecule has 1 unspecified atom stereocenters. The minimum atomic E-state index is -0.861. The molecule has 6 heteroatoms. The van der Waals surface area contributed by atoms with Gasteiger partial charge in [0, 0.05) is 0 Å². The van der Waals surface area contributed by atoms with Crippen LogP contribution in [0.4, 0.5) is 5.69 Å². The molecule has 2 rings (SSSR count). The van der Waals surface area contributed by atoms with Crippen molar-refractivity contribution in [1.82, 2.24) is 4.90 Å². The molecule has 0 spiro atoms. The maximum Gasteiger partial charge on any atom is 0.320 e. The van der Waals surface area contributed by atoms with Crippen molar-refractivity contribution >= 4 is 17.6 Å². The summed E-state index contributed by atoms with van der Waals surface area (Å²) < 4.78 is 5.23. The van der Waals surface area contributed by atoms with E-state index in [0.29, 0.717) is 24.4 Å². The molecule has 1 atom stereocenters. The van der Waals surface area contributed by atoms with Gasteiger partial charge in [0.1, 0.15) is 11.8 Å². The highest BCUT2D eigenvalue weighted by Crippen LogP contribution is 2.25. The predicted octanol–water partition coefficient (Wildman–Crippen LogP) is 1.88. The molecule has 0 bridgehead atoms. The first-order valence-electron chi connectivity index (χ1n) is 7.42. The summed E-state index contributed by atoms with van der Waals surface area (Å²) in [5.41, 5.74) is 1.62. The summed E-state index contributed by atoms with van der Waals surface area (Å²) in [7, 11) is 1.55. The van der Waals surface area contributed by atoms with Crippen LogP contribution in [0.2, 0.25) is 0 Å². The minimum absolute atomic E-state index is 0.0774. The number of carbonyl (C=O) groups is 2. The minimum Gasteiger partial charge on any atom is -0.495 e. The van der Waals surface area contributed by atoms with E-state index in [1.807, 2.05) is 19.1 Å². The molecular weight excluding hydrogens is 284 g/mol. The van der Waals surface area contributed by atoms with E-state index in [-0.39, 0.29) is 12.5 Å². The molecule has 1 aliphatic rings. The predicted molar refractivity (Wildman–Crippen MR) is 83.2 cm³/mol. The molecule has 22 heavy (non-hydrogen) atoms. The zero-order valence-corrected chi connectivity index (χ0v) is 13.0. The number of hydrogen-bond acceptors (Lipinski definition) is 4. The normalized spacial score (nSPS) is 18.7. The summed E-state index contributed by atoms with van der Waals surface area (Å²) in [4.78, 5) is 25.2. The molecule has 0 saturated carbocycles. The van der Waals surface area contributed by atoms with Gasteiger partial charge in [-0.15, -0.1) is 0 Å². The average Bonchev–Trinajstić information content (AvgIpc) is 2.47. The van der Waals surface area contributed by atoms with Crippen molar-refractivity contribution in [1.29, 1.82) is 0 Å². The highest BCUT2D eigenvalue weighted by atomic mass is 16.5. The van der Waals surface area contributed by atoms with E-state index in [1.54, 1.807) is 18.1 Å². The Morgan fingerprint density at radius 2 is 2.18 bits per heavy atom. The van der Waals surface area contributed by atoms with Crippen LogP contribution in [0.5, 0.6) is 5.75 Å². The smallest absolute Gasteiger partial charge is 0.320 e. The topological polar surface area (TPSA) is 78.9 Å². The second-order valence-electron chi connectivity index (χ2n) is 5.57. The number of piperidine rings is 1. The number of benzene rings is 1. The number of likely N-dealkylation sites (tertiary alicyclic amines) is 1. The molecule has 1 aromatic carbocycles. The molecule has 1 saturated heterocycles. The first-order valence-corrected chi connectivity index (χ1v) is 7.42. The van der Waals surface area contributed by atoms with Crippen LogP contribution in [0.25, 0.3) is 0 Å². The number of aryl methyl sites for hydroxylation is 1. The van der Waals surface area contributed by atoms with E-state index in [4.69, 9.17) is 4.74 Å². The number of ether oxygens (including phenoxy) is 1. The number of carbonyl (C=O) groups excluding carboxylic acids is 1. The summed E-state index contributed by atoms with van der Waals surface area (Å²) in [5.74, 6) is -0.495. The number of carboxylic acid groups (broad SMARTS) is 1. The van der Waals surface area contributed by atoms with Crippen LogP contribution in [-0.2, 0) is 9.59 Å². The van der Waals surface area contributed by atoms with Gasteiger partial charge in [-0.1, -0.05) is 12.5 Å². The lowest BCUT2D eigenvalue weighted by Crippen LogP contribution is -2.47. The average molecular weight is 306 g/mol. The second-order valence-corrected chi connectivity index (χ2v) is 5.57. The van der Waals surface area contributed by atoms with Gasteiger partial charge in [-0.25, -0.2) is 0 Å². The van der Waals surface area contributed by atoms with Crippen molar-refractivity contribution in [3.63, 3.8) is 0 Å². The molecule has 1 aliphatic heterocycles. The van der Waals surface area contributed by atoms with Crippen molar-refractivity contribution in [2.24, 2.45) is 0 Å². The maximum atomic E-state index is 12.2. The molecular formula is C16H22N2O4. The third-order valence-electron chi connectivity index (χ3n) is 3.87. The largest absolute Gasteiger partial charge is 0.495 e. The molecule has 120 valence electrons. The molecule has 0 aromatic heterocycles. The molecule has 1 fully saturated rings. The van der Waals surface area contributed by atoms with Crippen molar-refractivity contribution in [3.8, 4) is 5.75 Å². The molecule has 1 amide bonds. The summed E-state index contributed by atoms with van der Waals surface area (Å²) >= 11 is 0. The molecule has 1 aromatic rings. The molecule has 6 nitrogen and oxygen atoms in total. The molecule has 0 radical (unpaired) electrons. The van der Waals surface area contributed by atoms with Gasteiger partial charge in [-0.05, 0) is 44.0 Å². The highest BCUT2D eigenvalue weighted by Gasteiger charge is 2.29. The lowest BCUT2D eigenvalue weighted by Gasteiger charge is -2.32. The number of nitrogens with one attached hydrogen (secondary N) is 1. The standard InChI is InChI=1S/C16H22N2O4/c1-11-6-7-14(22-2)12(9-11)17-15(19)10-18-8-4-3-5-13(18)16(20)21/h6-7,9,13H,3-5,8,10H2,1-2H3,(H,17,19)(H,20,21). The van der Waals surface area contributed by atoms with E-state index in [1.165, 1.54) is 0 Å². The number of nitrogens with zero attached hydrogens (tertiary/aromatic N) is 1. The number of hydrogen-bond donors (Lipinski definition) is 2. The van der Waals surface area contributed by atoms with Gasteiger partial charge in [0.15, 0.2) is 0 Å². The van der Waals surface area contributed by atoms with Gasteiger partial charge in [-0.2, -0.15) is 0 Å². The van der Waals surface area contributed by atoms with Crippen LogP contribution in [0, 0.1) is 6.92 Å². The van der Waals surface area contributed by atoms with Crippen molar-refractivity contribution < 1.29 is 19.4 Å². The highest BCUT2D eigenvalue weighted by molar-refractivity contribution is 5.94. The van der Waals surface area contributed by atoms with Crippen LogP contribution in [-0.4, -0.2) is 48.1 Å². The third kappa shape index (κ3) is 3.98. The van der Waals surface area contributed by atoms with Crippen LogP contribution >= 0.6 is 0 Å². The zero-order valence-electron chi connectivity index (χ0n) is 13.0. The van der Waals surface area contributed by atoms with Gasteiger partial charge in [0.25, 0.3) is 0 Å². The molecule has 2 N–H and O–H groups in total. The van der Waals surface area contributed by atoms with Crippen LogP contribution < -0.4 is 10.1 Å². The fourth-order valence-electron chi connectivity index (χ4n) is 2.75. The maximum absolute atomic E-state index is 12.2. The molecule has 1 heterocycles. The Balaban J connectivity index is 2.03. The fraction of sp³-hybridized carbons (Fsp3) is 0.500. The SMILES string of the molecule is COc1ccc(C)cc1NC(=O)CN1CCCCC1C(=O)O. The van der Waals surface area contributed by atoms with Gasteiger partial charge in [0.05, 0.1) is 19.3 Å². The van der Waals surface area contributed by atoms with Gasteiger partial charge in [0.2, 0.25) is 5.91 Å². The summed E-state index contributed by atoms with van der Waals surface area (Å²) in [5, 5.41) is 12.0. The van der Waals surface area contributed by atoms with E-state index in [2.05, 4.69) is 5.32 Å². The Bertz CT molecular complexity index is 559. The number of amides is 1. The first-order chi connectivity index (χ1) is 10.5. The Kier molecular flexibility index (Phi) is 5.38. The Morgan fingerprint density at radius 1 is 1.41 bits per heavy atom. The van der Waals surface area contributed by atoms with E-state index < -0.39 is 12.0 Å². The Hall–Kier alpha value is -2.08. The summed E-state index contributed by atoms with van der Waals surface area (Å²) in [6, 6.07) is 4.96. The lowest BCUT2D eigenvalue weighted by atomic mass is 10.0. The van der Waals surface area contributed by atoms with E-state index >= 15 is 0 Å². The summed E-state index contributed by atoms with van der Waals surface area (Å²) in [6.45, 7) is 2.64. The Morgan fingerprint density at radius 3 is 2.86 bits per heavy atom. The number of aliphatic carboxylic acids is 1. The number of rotatable bonds is 5. The van der Waals surface area contributed by atoms with Gasteiger partial charge in [-0.3, -0.25) is 14.5 Å². The fourth-order valence-corrected chi connectivity index (χ4v) is 2.75. The van der Waals surface area contributed by atoms with Crippen molar-refractivity contribution in [2.75, 3.05) is 25.5 Å². The van der Waals surface area contributed by atoms with E-state index in [9.17, 15) is 14.7 Å². The Labute approximate surface area is 130 Å². The molecule has 0 aliphatic carbocycles. The second kappa shape index (κ2) is 7.26. The van der Waals surface area contributed by atoms with Crippen molar-refractivity contribution in [3.05, 3.63) is 23.8 Å². The van der Waals surface area contributed by atoms with Crippen LogP contribution in [0.1, 0.15) is 24.8 Å². The first kappa shape index (κ1) is 16.3. The number of carboxylic acids is 1. The van der Waals surface area contributed by atoms with Crippen LogP contribution in [0.3, 0.4) is 0 Å². The van der Waals surface area contributed by atoms with Crippen molar-refractivity contribution in [2.45, 2.75) is 32.2 Å². The zero-order chi connectivity index (χ0) is 16.1. The lowest BCUT2D eigenvalue weighted by molar-refractivity contribution is -0.145.